The summed E-state index contributed by atoms with van der Waals surface area (Å²) in [5, 5.41) is 12.9. The molecule has 0 aliphatic rings. The maximum atomic E-state index is 12.0. The maximum absolute atomic E-state index is 12.0. The van der Waals surface area contributed by atoms with E-state index in [4.69, 9.17) is 4.74 Å². The molecule has 4 nitrogen and oxygen atoms in total. The standard InChI is InChI=1S/C17H27NO3/c1-12(2)10-17(5,20)11-18-16(19)14(4)21-15-8-6-7-13(3)9-15/h6-9,12,14,20H,10-11H2,1-5H3,(H,18,19). The Morgan fingerprint density at radius 2 is 2.05 bits per heavy atom. The topological polar surface area (TPSA) is 58.6 Å². The van der Waals surface area contributed by atoms with Crippen molar-refractivity contribution in [2.75, 3.05) is 6.54 Å². The van der Waals surface area contributed by atoms with Crippen LogP contribution in [0.25, 0.3) is 0 Å². The molecule has 0 fully saturated rings. The van der Waals surface area contributed by atoms with E-state index in [-0.39, 0.29) is 12.5 Å². The Kier molecular flexibility index (Phi) is 6.21. The van der Waals surface area contributed by atoms with Crippen molar-refractivity contribution in [1.29, 1.82) is 0 Å². The summed E-state index contributed by atoms with van der Waals surface area (Å²) in [5.41, 5.74) is 0.187. The van der Waals surface area contributed by atoms with E-state index in [9.17, 15) is 9.90 Å². The second kappa shape index (κ2) is 7.46. The summed E-state index contributed by atoms with van der Waals surface area (Å²) in [7, 11) is 0. The van der Waals surface area contributed by atoms with Crippen molar-refractivity contribution in [1.82, 2.24) is 5.32 Å². The first-order chi connectivity index (χ1) is 9.69. The number of carbonyl (C=O) groups excluding carboxylic acids is 1. The molecule has 1 aromatic rings. The number of carbonyl (C=O) groups is 1. The molecule has 0 spiro atoms. The Bertz CT molecular complexity index is 469. The Labute approximate surface area is 127 Å². The van der Waals surface area contributed by atoms with Gasteiger partial charge in [-0.1, -0.05) is 26.0 Å². The van der Waals surface area contributed by atoms with Crippen LogP contribution in [0.2, 0.25) is 0 Å². The maximum Gasteiger partial charge on any atom is 0.260 e. The Hall–Kier alpha value is -1.55. The second-order valence-electron chi connectivity index (χ2n) is 6.39. The van der Waals surface area contributed by atoms with Gasteiger partial charge in [0, 0.05) is 6.54 Å². The van der Waals surface area contributed by atoms with Crippen LogP contribution in [0.4, 0.5) is 0 Å². The number of amides is 1. The minimum absolute atomic E-state index is 0.222. The normalized spacial score (nSPS) is 15.4. The minimum atomic E-state index is -0.896. The molecule has 1 amide bonds. The van der Waals surface area contributed by atoms with E-state index in [0.717, 1.165) is 5.56 Å². The van der Waals surface area contributed by atoms with Crippen LogP contribution in [0.5, 0.6) is 5.75 Å². The molecule has 0 aromatic heterocycles. The molecule has 1 aromatic carbocycles. The Balaban J connectivity index is 2.48. The molecule has 2 atom stereocenters. The van der Waals surface area contributed by atoms with Crippen molar-refractivity contribution < 1.29 is 14.6 Å². The average molecular weight is 293 g/mol. The summed E-state index contributed by atoms with van der Waals surface area (Å²) < 4.78 is 5.61. The first kappa shape index (κ1) is 17.5. The quantitative estimate of drug-likeness (QED) is 0.812. The van der Waals surface area contributed by atoms with Gasteiger partial charge in [-0.15, -0.1) is 0 Å². The van der Waals surface area contributed by atoms with E-state index in [2.05, 4.69) is 5.32 Å². The summed E-state index contributed by atoms with van der Waals surface area (Å²) in [5.74, 6) is 0.824. The van der Waals surface area contributed by atoms with Gasteiger partial charge in [0.15, 0.2) is 6.10 Å². The smallest absolute Gasteiger partial charge is 0.260 e. The van der Waals surface area contributed by atoms with Gasteiger partial charge in [-0.05, 0) is 50.8 Å². The number of rotatable bonds is 7. The van der Waals surface area contributed by atoms with Gasteiger partial charge >= 0.3 is 0 Å². The SMILES string of the molecule is Cc1cccc(OC(C)C(=O)NCC(C)(O)CC(C)C)c1. The monoisotopic (exact) mass is 293 g/mol. The number of ether oxygens (including phenoxy) is 1. The average Bonchev–Trinajstić information content (AvgIpc) is 2.34. The van der Waals surface area contributed by atoms with Crippen molar-refractivity contribution >= 4 is 5.91 Å². The summed E-state index contributed by atoms with van der Waals surface area (Å²) in [6.45, 7) is 9.72. The van der Waals surface area contributed by atoms with Crippen molar-refractivity contribution in [2.45, 2.75) is 52.7 Å². The first-order valence-corrected chi connectivity index (χ1v) is 7.43. The Morgan fingerprint density at radius 3 is 2.62 bits per heavy atom. The van der Waals surface area contributed by atoms with E-state index in [1.54, 1.807) is 13.8 Å². The molecule has 0 saturated carbocycles. The molecule has 118 valence electrons. The highest BCUT2D eigenvalue weighted by Gasteiger charge is 2.24. The fourth-order valence-electron chi connectivity index (χ4n) is 2.32. The third kappa shape index (κ3) is 6.63. The molecule has 4 heteroatoms. The van der Waals surface area contributed by atoms with E-state index >= 15 is 0 Å². The zero-order chi connectivity index (χ0) is 16.0. The summed E-state index contributed by atoms with van der Waals surface area (Å²) in [6, 6.07) is 7.58. The van der Waals surface area contributed by atoms with E-state index in [1.807, 2.05) is 45.0 Å². The molecule has 0 aliphatic carbocycles. The van der Waals surface area contributed by atoms with Crippen molar-refractivity contribution in [3.63, 3.8) is 0 Å². The van der Waals surface area contributed by atoms with Gasteiger partial charge in [-0.2, -0.15) is 0 Å². The first-order valence-electron chi connectivity index (χ1n) is 7.43. The molecule has 0 heterocycles. The second-order valence-corrected chi connectivity index (χ2v) is 6.39. The Morgan fingerprint density at radius 1 is 1.38 bits per heavy atom. The lowest BCUT2D eigenvalue weighted by molar-refractivity contribution is -0.128. The van der Waals surface area contributed by atoms with Gasteiger partial charge < -0.3 is 15.2 Å². The molecule has 1 rings (SSSR count). The van der Waals surface area contributed by atoms with Crippen LogP contribution in [0.3, 0.4) is 0 Å². The molecule has 2 N–H and O–H groups in total. The van der Waals surface area contributed by atoms with Gasteiger partial charge in [0.25, 0.3) is 5.91 Å². The third-order valence-electron chi connectivity index (χ3n) is 3.16. The summed E-state index contributed by atoms with van der Waals surface area (Å²) >= 11 is 0. The van der Waals surface area contributed by atoms with Crippen LogP contribution in [0, 0.1) is 12.8 Å². The summed E-state index contributed by atoms with van der Waals surface area (Å²) in [4.78, 5) is 12.0. The van der Waals surface area contributed by atoms with Crippen molar-refractivity contribution in [3.8, 4) is 5.75 Å². The zero-order valence-electron chi connectivity index (χ0n) is 13.6. The minimum Gasteiger partial charge on any atom is -0.481 e. The fourth-order valence-corrected chi connectivity index (χ4v) is 2.32. The lowest BCUT2D eigenvalue weighted by Crippen LogP contribution is -2.45. The molecule has 21 heavy (non-hydrogen) atoms. The van der Waals surface area contributed by atoms with Gasteiger partial charge in [-0.3, -0.25) is 4.79 Å². The van der Waals surface area contributed by atoms with Crippen LogP contribution in [-0.2, 0) is 4.79 Å². The van der Waals surface area contributed by atoms with E-state index < -0.39 is 11.7 Å². The van der Waals surface area contributed by atoms with Gasteiger partial charge in [0.1, 0.15) is 5.75 Å². The van der Waals surface area contributed by atoms with E-state index in [1.165, 1.54) is 0 Å². The van der Waals surface area contributed by atoms with Gasteiger partial charge in [0.2, 0.25) is 0 Å². The van der Waals surface area contributed by atoms with Crippen LogP contribution < -0.4 is 10.1 Å². The number of aliphatic hydroxyl groups is 1. The lowest BCUT2D eigenvalue weighted by atomic mass is 9.94. The molecular weight excluding hydrogens is 266 g/mol. The predicted molar refractivity (Wildman–Crippen MR) is 84.4 cm³/mol. The van der Waals surface area contributed by atoms with Crippen LogP contribution in [0.1, 0.15) is 39.7 Å². The highest BCUT2D eigenvalue weighted by atomic mass is 16.5. The van der Waals surface area contributed by atoms with Crippen LogP contribution >= 0.6 is 0 Å². The fraction of sp³-hybridized carbons (Fsp3) is 0.588. The lowest BCUT2D eigenvalue weighted by Gasteiger charge is -2.26. The molecule has 0 bridgehead atoms. The third-order valence-corrected chi connectivity index (χ3v) is 3.16. The van der Waals surface area contributed by atoms with E-state index in [0.29, 0.717) is 18.1 Å². The zero-order valence-corrected chi connectivity index (χ0v) is 13.6. The predicted octanol–water partition coefficient (Wildman–Crippen LogP) is 2.68. The number of hydrogen-bond acceptors (Lipinski definition) is 3. The van der Waals surface area contributed by atoms with Gasteiger partial charge in [-0.25, -0.2) is 0 Å². The molecule has 0 radical (unpaired) electrons. The highest BCUT2D eigenvalue weighted by molar-refractivity contribution is 5.80. The van der Waals surface area contributed by atoms with Gasteiger partial charge in [0.05, 0.1) is 5.60 Å². The van der Waals surface area contributed by atoms with Crippen LogP contribution in [-0.4, -0.2) is 29.3 Å². The molecule has 0 saturated heterocycles. The number of aryl methyl sites for hydroxylation is 1. The summed E-state index contributed by atoms with van der Waals surface area (Å²) in [6.07, 6.45) is 0.0436. The van der Waals surface area contributed by atoms with Crippen molar-refractivity contribution in [3.05, 3.63) is 29.8 Å². The molecular formula is C17H27NO3. The highest BCUT2D eigenvalue weighted by Crippen LogP contribution is 2.16. The largest absolute Gasteiger partial charge is 0.481 e. The van der Waals surface area contributed by atoms with Crippen LogP contribution in [0.15, 0.2) is 24.3 Å². The number of benzene rings is 1. The number of hydrogen-bond donors (Lipinski definition) is 2. The molecule has 0 aliphatic heterocycles. The van der Waals surface area contributed by atoms with Crippen molar-refractivity contribution in [2.24, 2.45) is 5.92 Å². The number of nitrogens with one attached hydrogen (secondary N) is 1. The molecule has 2 unspecified atom stereocenters.